The second-order valence-electron chi connectivity index (χ2n) is 6.20. The van der Waals surface area contributed by atoms with Gasteiger partial charge in [-0.1, -0.05) is 0 Å². The van der Waals surface area contributed by atoms with Crippen LogP contribution in [0.15, 0.2) is 41.5 Å². The van der Waals surface area contributed by atoms with Crippen molar-refractivity contribution in [1.29, 1.82) is 0 Å². The molecule has 0 bridgehead atoms. The Balaban J connectivity index is 0.00000180. The standard InChI is InChI=1S/2C7H9.C2H7Ge.2ClH.Zr/c2*1-6-3-4-7(2)5-6;1-3-2;;;/h5H,3H2,1-2H3;3,5,7H,1-2H3;3H,1-2H3;2*1H;/q;;;;;+2/p-2. The van der Waals surface area contributed by atoms with Crippen LogP contribution in [0.3, 0.4) is 0 Å². The smallest absolute Gasteiger partial charge is 1.00 e. The molecule has 0 spiro atoms. The van der Waals surface area contributed by atoms with Gasteiger partial charge in [-0.3, -0.25) is 0 Å². The minimum Gasteiger partial charge on any atom is -1.00 e. The van der Waals surface area contributed by atoms with Crippen LogP contribution in [0.25, 0.3) is 0 Å². The first kappa shape index (κ1) is 21.0. The molecule has 2 aliphatic carbocycles. The van der Waals surface area contributed by atoms with Crippen molar-refractivity contribution in [2.24, 2.45) is 5.92 Å². The van der Waals surface area contributed by atoms with E-state index in [4.69, 9.17) is 0 Å². The molecule has 0 nitrogen and oxygen atoms in total. The fourth-order valence-corrected chi connectivity index (χ4v) is 37.6. The second-order valence-corrected chi connectivity index (χ2v) is 37.9. The summed E-state index contributed by atoms with van der Waals surface area (Å²) in [5.74, 6) is 6.02. The van der Waals surface area contributed by atoms with Gasteiger partial charge in [-0.2, -0.15) is 0 Å². The Kier molecular flexibility index (Phi) is 8.97. The Hall–Kier alpha value is 0.966. The van der Waals surface area contributed by atoms with Crippen molar-refractivity contribution in [2.45, 2.75) is 45.6 Å². The molecule has 111 valence electrons. The molecular formula is C16H25Cl2GeZr. The summed E-state index contributed by atoms with van der Waals surface area (Å²) in [7, 11) is -1.01. The fraction of sp³-hybridized carbons (Fsp3) is 0.500. The van der Waals surface area contributed by atoms with Gasteiger partial charge in [-0.15, -0.1) is 0 Å². The van der Waals surface area contributed by atoms with E-state index in [0.29, 0.717) is 0 Å². The molecule has 0 saturated heterocycles. The largest absolute Gasteiger partial charge is 1.00 e. The average Bonchev–Trinajstić information content (AvgIpc) is 2.71. The molecule has 1 atom stereocenters. The first-order valence-electron chi connectivity index (χ1n) is 7.04. The van der Waals surface area contributed by atoms with Crippen molar-refractivity contribution in [2.75, 3.05) is 0 Å². The third-order valence-electron chi connectivity index (χ3n) is 3.99. The summed E-state index contributed by atoms with van der Waals surface area (Å²) in [5, 5.41) is 0. The topological polar surface area (TPSA) is 0 Å². The summed E-state index contributed by atoms with van der Waals surface area (Å²) in [6.07, 6.45) is 8.79. The van der Waals surface area contributed by atoms with Gasteiger partial charge in [-0.05, 0) is 0 Å². The predicted octanol–water partition coefficient (Wildman–Crippen LogP) is -1.30. The van der Waals surface area contributed by atoms with Crippen LogP contribution in [-0.2, 0) is 19.2 Å². The van der Waals surface area contributed by atoms with Crippen molar-refractivity contribution in [1.82, 2.24) is 0 Å². The average molecular weight is 452 g/mol. The SMILES string of the molecule is CC1=CC(C)[C]([Zr+2]([C]2=C(C)C=C(C)C2)[GeH]([CH3])[CH3])=C1.[Cl-].[Cl-]. The normalized spacial score (nSPS) is 21.1. The zero-order valence-corrected chi connectivity index (χ0v) is 19.7. The van der Waals surface area contributed by atoms with Crippen LogP contribution in [0, 0.1) is 5.92 Å². The van der Waals surface area contributed by atoms with Gasteiger partial charge in [-0.25, -0.2) is 0 Å². The third kappa shape index (κ3) is 4.48. The second kappa shape index (κ2) is 8.56. The Morgan fingerprint density at radius 2 is 1.70 bits per heavy atom. The summed E-state index contributed by atoms with van der Waals surface area (Å²) in [5.41, 5.74) is 4.75. The molecule has 0 aromatic heterocycles. The van der Waals surface area contributed by atoms with E-state index in [1.165, 1.54) is 12.0 Å². The molecule has 0 N–H and O–H groups in total. The van der Waals surface area contributed by atoms with Crippen LogP contribution in [0.5, 0.6) is 0 Å². The molecule has 0 aromatic rings. The fourth-order valence-electron chi connectivity index (χ4n) is 3.32. The number of hydrogen-bond donors (Lipinski definition) is 0. The van der Waals surface area contributed by atoms with Gasteiger partial charge in [0.1, 0.15) is 0 Å². The zero-order valence-electron chi connectivity index (χ0n) is 13.3. The molecule has 2 aliphatic rings. The maximum Gasteiger partial charge on any atom is -1.00 e. The van der Waals surface area contributed by atoms with E-state index >= 15 is 0 Å². The third-order valence-corrected chi connectivity index (χ3v) is 35.6. The number of allylic oxidation sites excluding steroid dienone is 8. The van der Waals surface area contributed by atoms with Crippen LogP contribution in [0.4, 0.5) is 0 Å². The van der Waals surface area contributed by atoms with Gasteiger partial charge in [0.15, 0.2) is 0 Å². The van der Waals surface area contributed by atoms with E-state index in [2.05, 4.69) is 57.4 Å². The van der Waals surface area contributed by atoms with Gasteiger partial charge in [0.05, 0.1) is 0 Å². The Bertz CT molecular complexity index is 487. The van der Waals surface area contributed by atoms with Crippen LogP contribution in [0.1, 0.15) is 34.1 Å². The monoisotopic (exact) mass is 451 g/mol. The molecule has 0 amide bonds. The van der Waals surface area contributed by atoms with Crippen LogP contribution in [-0.4, -0.2) is 10.6 Å². The van der Waals surface area contributed by atoms with E-state index in [9.17, 15) is 0 Å². The summed E-state index contributed by atoms with van der Waals surface area (Å²) < 4.78 is 3.84. The van der Waals surface area contributed by atoms with Crippen molar-refractivity contribution in [3.05, 3.63) is 41.5 Å². The van der Waals surface area contributed by atoms with Gasteiger partial charge in [0.25, 0.3) is 0 Å². The van der Waals surface area contributed by atoms with E-state index in [-0.39, 0.29) is 24.8 Å². The molecule has 1 unspecified atom stereocenters. The summed E-state index contributed by atoms with van der Waals surface area (Å²) in [6, 6.07) is 0. The molecule has 20 heavy (non-hydrogen) atoms. The first-order valence-corrected chi connectivity index (χ1v) is 22.9. The maximum absolute atomic E-state index is 2.64. The minimum absolute atomic E-state index is 0. The minimum atomic E-state index is -1.44. The van der Waals surface area contributed by atoms with Crippen LogP contribution >= 0.6 is 0 Å². The van der Waals surface area contributed by atoms with E-state index < -0.39 is 29.8 Å². The Morgan fingerprint density at radius 1 is 1.10 bits per heavy atom. The first-order chi connectivity index (χ1) is 8.40. The molecule has 0 aliphatic heterocycles. The van der Waals surface area contributed by atoms with Crippen molar-refractivity contribution in [3.63, 3.8) is 0 Å². The number of rotatable bonds is 3. The summed E-state index contributed by atoms with van der Waals surface area (Å²) in [6.45, 7) is 9.35. The Morgan fingerprint density at radius 3 is 2.05 bits per heavy atom. The molecule has 4 heteroatoms. The molecular weight excluding hydrogens is 427 g/mol. The van der Waals surface area contributed by atoms with Gasteiger partial charge >= 0.3 is 123 Å². The summed E-state index contributed by atoms with van der Waals surface area (Å²) in [4.78, 5) is 0. The van der Waals surface area contributed by atoms with Gasteiger partial charge < -0.3 is 24.8 Å². The number of hydrogen-bond acceptors (Lipinski definition) is 0. The Labute approximate surface area is 146 Å². The van der Waals surface area contributed by atoms with Gasteiger partial charge in [0.2, 0.25) is 0 Å². The van der Waals surface area contributed by atoms with E-state index in [0.717, 1.165) is 5.92 Å². The van der Waals surface area contributed by atoms with Crippen LogP contribution < -0.4 is 24.8 Å². The molecule has 0 radical (unpaired) electrons. The predicted molar refractivity (Wildman–Crippen MR) is 81.0 cm³/mol. The number of halogens is 2. The van der Waals surface area contributed by atoms with Crippen molar-refractivity contribution in [3.8, 4) is 0 Å². The van der Waals surface area contributed by atoms with E-state index in [1.54, 1.807) is 11.1 Å². The zero-order chi connectivity index (χ0) is 13.4. The molecule has 2 rings (SSSR count). The van der Waals surface area contributed by atoms with Crippen molar-refractivity contribution < 1.29 is 44.1 Å². The van der Waals surface area contributed by atoms with Gasteiger partial charge in [0, 0.05) is 0 Å². The van der Waals surface area contributed by atoms with Crippen molar-refractivity contribution >= 4 is 10.6 Å². The molecule has 0 aromatic carbocycles. The molecule has 0 fully saturated rings. The maximum atomic E-state index is 2.64. The van der Waals surface area contributed by atoms with Crippen LogP contribution in [0.2, 0.25) is 11.5 Å². The quantitative estimate of drug-likeness (QED) is 0.468. The molecule has 0 heterocycles. The summed E-state index contributed by atoms with van der Waals surface area (Å²) >= 11 is -1.44. The van der Waals surface area contributed by atoms with E-state index in [1.807, 2.05) is 6.56 Å². The molecule has 0 saturated carbocycles.